The lowest BCUT2D eigenvalue weighted by molar-refractivity contribution is -0.142. The van der Waals surface area contributed by atoms with E-state index in [-0.39, 0.29) is 18.4 Å². The molecule has 0 saturated carbocycles. The lowest BCUT2D eigenvalue weighted by Crippen LogP contribution is -2.06. The first-order chi connectivity index (χ1) is 8.15. The molecule has 0 aliphatic carbocycles. The van der Waals surface area contributed by atoms with E-state index in [0.29, 0.717) is 10.4 Å². The second-order valence-corrected chi connectivity index (χ2v) is 3.77. The maximum Gasteiger partial charge on any atom is 0.329 e. The molecule has 0 aliphatic heterocycles. The van der Waals surface area contributed by atoms with Crippen LogP contribution in [0.4, 0.5) is 0 Å². The quantitative estimate of drug-likeness (QED) is 0.897. The van der Waals surface area contributed by atoms with E-state index in [9.17, 15) is 4.79 Å². The molecule has 8 heteroatoms. The molecule has 0 spiro atoms. The number of furan rings is 1. The van der Waals surface area contributed by atoms with Crippen LogP contribution < -0.4 is 0 Å². The van der Waals surface area contributed by atoms with Crippen LogP contribution in [0.2, 0.25) is 0 Å². The average Bonchev–Trinajstić information content (AvgIpc) is 2.86. The highest BCUT2D eigenvalue weighted by atomic mass is 79.9. The molecule has 0 aliphatic rings. The Hall–Kier alpha value is -1.67. The van der Waals surface area contributed by atoms with Gasteiger partial charge in [0.25, 0.3) is 5.89 Å². The fraction of sp³-hybridized carbons (Fsp3) is 0.222. The number of carbonyl (C=O) groups is 1. The van der Waals surface area contributed by atoms with Crippen LogP contribution in [0.5, 0.6) is 0 Å². The Morgan fingerprint density at radius 2 is 2.24 bits per heavy atom. The van der Waals surface area contributed by atoms with Gasteiger partial charge >= 0.3 is 5.97 Å². The SMILES string of the molecule is O=C(O)COCc1nnc(-c2ccc(Br)o2)o1. The third kappa shape index (κ3) is 3.14. The molecule has 90 valence electrons. The van der Waals surface area contributed by atoms with Gasteiger partial charge in [-0.05, 0) is 28.1 Å². The van der Waals surface area contributed by atoms with Crippen LogP contribution in [0, 0.1) is 0 Å². The molecule has 0 unspecified atom stereocenters. The van der Waals surface area contributed by atoms with Crippen molar-refractivity contribution in [2.45, 2.75) is 6.61 Å². The number of nitrogens with zero attached hydrogens (tertiary/aromatic N) is 2. The first-order valence-corrected chi connectivity index (χ1v) is 5.32. The third-order valence-corrected chi connectivity index (χ3v) is 2.13. The van der Waals surface area contributed by atoms with Crippen molar-refractivity contribution in [3.05, 3.63) is 22.7 Å². The van der Waals surface area contributed by atoms with E-state index >= 15 is 0 Å². The summed E-state index contributed by atoms with van der Waals surface area (Å²) in [6.45, 7) is -0.467. The van der Waals surface area contributed by atoms with Crippen molar-refractivity contribution in [1.29, 1.82) is 0 Å². The van der Waals surface area contributed by atoms with E-state index in [4.69, 9.17) is 18.7 Å². The highest BCUT2D eigenvalue weighted by Crippen LogP contribution is 2.23. The van der Waals surface area contributed by atoms with Crippen LogP contribution in [0.15, 0.2) is 25.6 Å². The molecule has 1 N–H and O–H groups in total. The minimum absolute atomic E-state index is 0.0544. The molecule has 0 fully saturated rings. The maximum atomic E-state index is 10.2. The summed E-state index contributed by atoms with van der Waals surface area (Å²) in [6, 6.07) is 3.36. The number of hydrogen-bond donors (Lipinski definition) is 1. The number of carboxylic acid groups (broad SMARTS) is 1. The van der Waals surface area contributed by atoms with Crippen LogP contribution >= 0.6 is 15.9 Å². The van der Waals surface area contributed by atoms with E-state index in [0.717, 1.165) is 0 Å². The Morgan fingerprint density at radius 1 is 1.41 bits per heavy atom. The molecule has 0 aromatic carbocycles. The van der Waals surface area contributed by atoms with Gasteiger partial charge in [-0.15, -0.1) is 10.2 Å². The summed E-state index contributed by atoms with van der Waals surface area (Å²) in [5.41, 5.74) is 0. The highest BCUT2D eigenvalue weighted by Gasteiger charge is 2.12. The van der Waals surface area contributed by atoms with Gasteiger partial charge in [0.2, 0.25) is 5.89 Å². The van der Waals surface area contributed by atoms with Gasteiger partial charge in [-0.1, -0.05) is 0 Å². The molecule has 0 atom stereocenters. The van der Waals surface area contributed by atoms with Crippen LogP contribution in [-0.4, -0.2) is 27.9 Å². The van der Waals surface area contributed by atoms with Crippen LogP contribution in [0.3, 0.4) is 0 Å². The number of aromatic nitrogens is 2. The molecule has 0 bridgehead atoms. The predicted octanol–water partition coefficient (Wildman–Crippen LogP) is 1.69. The number of rotatable bonds is 5. The van der Waals surface area contributed by atoms with E-state index in [2.05, 4.69) is 26.1 Å². The Labute approximate surface area is 104 Å². The molecule has 2 aromatic heterocycles. The minimum Gasteiger partial charge on any atom is -0.480 e. The number of aliphatic carboxylic acids is 1. The molecule has 0 saturated heterocycles. The van der Waals surface area contributed by atoms with Gasteiger partial charge in [0, 0.05) is 0 Å². The number of halogens is 1. The van der Waals surface area contributed by atoms with Crippen molar-refractivity contribution in [2.75, 3.05) is 6.61 Å². The predicted molar refractivity (Wildman–Crippen MR) is 57.0 cm³/mol. The zero-order chi connectivity index (χ0) is 12.3. The van der Waals surface area contributed by atoms with Crippen molar-refractivity contribution < 1.29 is 23.5 Å². The summed E-state index contributed by atoms with van der Waals surface area (Å²) in [4.78, 5) is 10.2. The molecule has 17 heavy (non-hydrogen) atoms. The van der Waals surface area contributed by atoms with Crippen molar-refractivity contribution in [2.24, 2.45) is 0 Å². The molecular formula is C9H7BrN2O5. The normalized spacial score (nSPS) is 10.6. The van der Waals surface area contributed by atoms with Gasteiger partial charge in [0.1, 0.15) is 13.2 Å². The molecule has 7 nitrogen and oxygen atoms in total. The molecule has 2 aromatic rings. The minimum atomic E-state index is -1.06. The lowest BCUT2D eigenvalue weighted by atomic mass is 10.5. The summed E-state index contributed by atoms with van der Waals surface area (Å²) in [7, 11) is 0. The number of hydrogen-bond acceptors (Lipinski definition) is 6. The largest absolute Gasteiger partial charge is 0.480 e. The Kier molecular flexibility index (Phi) is 3.55. The summed E-state index contributed by atoms with van der Waals surface area (Å²) < 4.78 is 15.8. The number of ether oxygens (including phenoxy) is 1. The lowest BCUT2D eigenvalue weighted by Gasteiger charge is -1.94. The standard InChI is InChI=1S/C9H7BrN2O5/c10-6-2-1-5(16-6)9-12-11-7(17-9)3-15-4-8(13)14/h1-2H,3-4H2,(H,13,14). The van der Waals surface area contributed by atoms with E-state index in [1.807, 2.05) is 0 Å². The Balaban J connectivity index is 1.98. The molecule has 2 heterocycles. The molecular weight excluding hydrogens is 296 g/mol. The average molecular weight is 303 g/mol. The van der Waals surface area contributed by atoms with Gasteiger partial charge in [0.15, 0.2) is 10.4 Å². The third-order valence-electron chi connectivity index (χ3n) is 1.70. The first kappa shape index (κ1) is 11.8. The van der Waals surface area contributed by atoms with Gasteiger partial charge in [-0.3, -0.25) is 0 Å². The van der Waals surface area contributed by atoms with Crippen molar-refractivity contribution in [1.82, 2.24) is 10.2 Å². The fourth-order valence-corrected chi connectivity index (χ4v) is 1.37. The van der Waals surface area contributed by atoms with E-state index in [1.54, 1.807) is 12.1 Å². The second-order valence-electron chi connectivity index (χ2n) is 2.99. The van der Waals surface area contributed by atoms with Gasteiger partial charge < -0.3 is 18.7 Å². The van der Waals surface area contributed by atoms with Crippen molar-refractivity contribution in [3.8, 4) is 11.7 Å². The maximum absolute atomic E-state index is 10.2. The first-order valence-electron chi connectivity index (χ1n) is 4.53. The van der Waals surface area contributed by atoms with Crippen molar-refractivity contribution >= 4 is 21.9 Å². The fourth-order valence-electron chi connectivity index (χ4n) is 1.07. The molecule has 0 radical (unpaired) electrons. The number of carboxylic acids is 1. The second kappa shape index (κ2) is 5.11. The zero-order valence-electron chi connectivity index (χ0n) is 8.42. The monoisotopic (exact) mass is 302 g/mol. The molecule has 0 amide bonds. The topological polar surface area (TPSA) is 98.6 Å². The van der Waals surface area contributed by atoms with Gasteiger partial charge in [0.05, 0.1) is 0 Å². The smallest absolute Gasteiger partial charge is 0.329 e. The highest BCUT2D eigenvalue weighted by molar-refractivity contribution is 9.10. The molecule has 2 rings (SSSR count). The van der Waals surface area contributed by atoms with Gasteiger partial charge in [-0.25, -0.2) is 4.79 Å². The Morgan fingerprint density at radius 3 is 2.88 bits per heavy atom. The zero-order valence-corrected chi connectivity index (χ0v) is 10.0. The summed E-state index contributed by atoms with van der Waals surface area (Å²) >= 11 is 3.15. The summed E-state index contributed by atoms with van der Waals surface area (Å²) in [5.74, 6) is -0.230. The van der Waals surface area contributed by atoms with Crippen LogP contribution in [0.1, 0.15) is 5.89 Å². The Bertz CT molecular complexity index is 521. The van der Waals surface area contributed by atoms with E-state index in [1.165, 1.54) is 0 Å². The van der Waals surface area contributed by atoms with Crippen LogP contribution in [-0.2, 0) is 16.1 Å². The van der Waals surface area contributed by atoms with Crippen LogP contribution in [0.25, 0.3) is 11.7 Å². The van der Waals surface area contributed by atoms with E-state index < -0.39 is 12.6 Å². The summed E-state index contributed by atoms with van der Waals surface area (Å²) in [6.07, 6.45) is 0. The summed E-state index contributed by atoms with van der Waals surface area (Å²) in [5, 5.41) is 15.8. The van der Waals surface area contributed by atoms with Crippen molar-refractivity contribution in [3.63, 3.8) is 0 Å². The van der Waals surface area contributed by atoms with Gasteiger partial charge in [-0.2, -0.15) is 0 Å².